The second-order valence-corrected chi connectivity index (χ2v) is 13.7. The molecule has 0 aliphatic heterocycles. The number of hydrogen-bond acceptors (Lipinski definition) is 10. The van der Waals surface area contributed by atoms with Gasteiger partial charge in [-0.25, -0.2) is 16.8 Å². The maximum Gasteiger partial charge on any atom is 0.285 e. The Morgan fingerprint density at radius 1 is 0.500 bits per heavy atom. The topological polar surface area (TPSA) is 155 Å². The van der Waals surface area contributed by atoms with Crippen LogP contribution in [0.4, 0.5) is 11.4 Å². The van der Waals surface area contributed by atoms with Gasteiger partial charge in [0.25, 0.3) is 11.4 Å². The first-order chi connectivity index (χ1) is 18.0. The summed E-state index contributed by atoms with van der Waals surface area (Å²) in [6.07, 6.45) is 0. The van der Waals surface area contributed by atoms with Gasteiger partial charge in [0.05, 0.1) is 39.2 Å². The molecule has 0 aliphatic carbocycles. The smallest absolute Gasteiger partial charge is 0.258 e. The van der Waals surface area contributed by atoms with Crippen molar-refractivity contribution < 1.29 is 26.7 Å². The fraction of sp³-hybridized carbons (Fsp3) is 0. The second kappa shape index (κ2) is 10.9. The first-order valence-electron chi connectivity index (χ1n) is 10.5. The highest BCUT2D eigenvalue weighted by Crippen LogP contribution is 2.46. The molecule has 4 rings (SSSR count). The van der Waals surface area contributed by atoms with Crippen LogP contribution in [0.5, 0.6) is 0 Å². The quantitative estimate of drug-likeness (QED) is 0.130. The van der Waals surface area contributed by atoms with Crippen molar-refractivity contribution in [2.75, 3.05) is 0 Å². The fourth-order valence-corrected chi connectivity index (χ4v) is 8.17. The predicted octanol–water partition coefficient (Wildman–Crippen LogP) is 5.97. The van der Waals surface area contributed by atoms with Crippen molar-refractivity contribution in [2.24, 2.45) is 0 Å². The van der Waals surface area contributed by atoms with Crippen molar-refractivity contribution in [1.29, 1.82) is 0 Å². The summed E-state index contributed by atoms with van der Waals surface area (Å²) in [6, 6.07) is 21.8. The Bertz CT molecular complexity index is 1610. The summed E-state index contributed by atoms with van der Waals surface area (Å²) < 4.78 is 51.5. The van der Waals surface area contributed by atoms with E-state index in [-0.39, 0.29) is 29.4 Å². The summed E-state index contributed by atoms with van der Waals surface area (Å²) in [5.41, 5.74) is -0.990. The Labute approximate surface area is 225 Å². The van der Waals surface area contributed by atoms with Gasteiger partial charge in [-0.3, -0.25) is 20.2 Å². The Morgan fingerprint density at radius 2 is 0.842 bits per heavy atom. The van der Waals surface area contributed by atoms with Crippen LogP contribution in [0.25, 0.3) is 0 Å². The third-order valence-corrected chi connectivity index (χ3v) is 11.2. The zero-order valence-electron chi connectivity index (χ0n) is 19.0. The lowest BCUT2D eigenvalue weighted by atomic mass is 10.3. The Hall–Kier alpha value is -3.72. The lowest BCUT2D eigenvalue weighted by Crippen LogP contribution is -2.03. The summed E-state index contributed by atoms with van der Waals surface area (Å²) in [5.74, 6) is 0. The van der Waals surface area contributed by atoms with Crippen LogP contribution < -0.4 is 0 Å². The third kappa shape index (κ3) is 5.57. The first-order valence-corrected chi connectivity index (χ1v) is 15.6. The maximum absolute atomic E-state index is 12.9. The number of nitro benzene ring substituents is 2. The van der Waals surface area contributed by atoms with Gasteiger partial charge in [0.15, 0.2) is 0 Å². The Morgan fingerprint density at radius 3 is 1.16 bits per heavy atom. The van der Waals surface area contributed by atoms with Gasteiger partial charge in [0.1, 0.15) is 0 Å². The third-order valence-electron chi connectivity index (χ3n) is 5.20. The fourth-order valence-electron chi connectivity index (χ4n) is 3.32. The molecule has 0 N–H and O–H groups in total. The number of hydrogen-bond donors (Lipinski definition) is 0. The molecule has 0 aliphatic rings. The number of rotatable bonds is 9. The summed E-state index contributed by atoms with van der Waals surface area (Å²) in [7, 11) is -6.39. The van der Waals surface area contributed by atoms with E-state index in [1.165, 1.54) is 72.8 Å². The summed E-state index contributed by atoms with van der Waals surface area (Å²) in [4.78, 5) is 21.5. The van der Waals surface area contributed by atoms with Crippen molar-refractivity contribution in [3.8, 4) is 0 Å². The van der Waals surface area contributed by atoms with Crippen LogP contribution in [0.2, 0.25) is 0 Å². The molecule has 0 atom stereocenters. The molecule has 0 bridgehead atoms. The van der Waals surface area contributed by atoms with E-state index in [2.05, 4.69) is 0 Å². The number of nitro groups is 2. The molecule has 10 nitrogen and oxygen atoms in total. The zero-order valence-corrected chi connectivity index (χ0v) is 22.3. The number of nitrogens with zero attached hydrogens (tertiary/aromatic N) is 2. The molecule has 194 valence electrons. The molecular formula is C24H16N2O8S4. The van der Waals surface area contributed by atoms with Crippen LogP contribution in [0.3, 0.4) is 0 Å². The van der Waals surface area contributed by atoms with Gasteiger partial charge in [0, 0.05) is 12.1 Å². The van der Waals surface area contributed by atoms with Crippen molar-refractivity contribution in [1.82, 2.24) is 0 Å². The molecular weight excluding hydrogens is 573 g/mol. The van der Waals surface area contributed by atoms with E-state index in [4.69, 9.17) is 0 Å². The van der Waals surface area contributed by atoms with Crippen molar-refractivity contribution in [2.45, 2.75) is 29.4 Å². The summed E-state index contributed by atoms with van der Waals surface area (Å²) in [6.45, 7) is 0. The minimum absolute atomic E-state index is 0.0229. The molecule has 0 saturated carbocycles. The average molecular weight is 589 g/mol. The molecule has 0 aromatic heterocycles. The molecule has 0 saturated heterocycles. The van der Waals surface area contributed by atoms with Crippen LogP contribution >= 0.6 is 21.6 Å². The van der Waals surface area contributed by atoms with Gasteiger partial charge in [-0.05, 0) is 70.1 Å². The maximum atomic E-state index is 12.9. The predicted molar refractivity (Wildman–Crippen MR) is 142 cm³/mol. The lowest BCUT2D eigenvalue weighted by molar-refractivity contribution is -0.388. The highest BCUT2D eigenvalue weighted by atomic mass is 33.1. The van der Waals surface area contributed by atoms with E-state index in [1.54, 1.807) is 12.1 Å². The molecule has 0 radical (unpaired) electrons. The number of benzene rings is 4. The van der Waals surface area contributed by atoms with Crippen molar-refractivity contribution >= 4 is 52.6 Å². The van der Waals surface area contributed by atoms with Crippen LogP contribution in [0.1, 0.15) is 0 Å². The van der Waals surface area contributed by atoms with Crippen LogP contribution in [-0.2, 0) is 19.7 Å². The molecule has 0 amide bonds. The van der Waals surface area contributed by atoms with Gasteiger partial charge in [-0.2, -0.15) is 0 Å². The van der Waals surface area contributed by atoms with E-state index in [1.807, 2.05) is 0 Å². The number of sulfone groups is 2. The molecule has 14 heteroatoms. The van der Waals surface area contributed by atoms with E-state index in [0.717, 1.165) is 33.7 Å². The van der Waals surface area contributed by atoms with Crippen molar-refractivity contribution in [3.63, 3.8) is 0 Å². The lowest BCUT2D eigenvalue weighted by Gasteiger charge is -2.09. The van der Waals surface area contributed by atoms with Gasteiger partial charge in [-0.15, -0.1) is 0 Å². The highest BCUT2D eigenvalue weighted by molar-refractivity contribution is 8.76. The standard InChI is InChI=1S/C24H16N2O8S4/c27-25(28)21-15-19(37(31,32)17-7-3-1-4-8-17)11-13-23(21)35-36-24-14-12-20(16-22(24)26(29)30)38(33,34)18-9-5-2-6-10-18/h1-16H. The van der Waals surface area contributed by atoms with Crippen molar-refractivity contribution in [3.05, 3.63) is 117 Å². The molecule has 4 aromatic rings. The minimum Gasteiger partial charge on any atom is -0.258 e. The molecule has 38 heavy (non-hydrogen) atoms. The van der Waals surface area contributed by atoms with E-state index in [9.17, 15) is 37.1 Å². The Kier molecular flexibility index (Phi) is 7.87. The van der Waals surface area contributed by atoms with Gasteiger partial charge in [-0.1, -0.05) is 36.4 Å². The molecule has 0 fully saturated rings. The molecule has 0 unspecified atom stereocenters. The largest absolute Gasteiger partial charge is 0.285 e. The Balaban J connectivity index is 1.65. The average Bonchev–Trinajstić information content (AvgIpc) is 2.92. The molecule has 0 spiro atoms. The minimum atomic E-state index is -4.01. The summed E-state index contributed by atoms with van der Waals surface area (Å²) >= 11 is 0. The van der Waals surface area contributed by atoms with Crippen LogP contribution in [-0.4, -0.2) is 26.7 Å². The SMILES string of the molecule is O=[N+]([O-])c1cc(S(=O)(=O)c2ccccc2)ccc1SSc1ccc(S(=O)(=O)c2ccccc2)cc1[N+](=O)[O-]. The first kappa shape index (κ1) is 27.3. The van der Waals surface area contributed by atoms with E-state index >= 15 is 0 Å². The van der Waals surface area contributed by atoms with Gasteiger partial charge >= 0.3 is 0 Å². The monoisotopic (exact) mass is 588 g/mol. The zero-order chi connectivity index (χ0) is 27.5. The van der Waals surface area contributed by atoms with Crippen LogP contribution in [0.15, 0.2) is 126 Å². The van der Waals surface area contributed by atoms with Crippen LogP contribution in [0, 0.1) is 20.2 Å². The summed E-state index contributed by atoms with van der Waals surface area (Å²) in [5, 5.41) is 23.5. The molecule has 4 aromatic carbocycles. The van der Waals surface area contributed by atoms with Gasteiger partial charge in [0.2, 0.25) is 19.7 Å². The van der Waals surface area contributed by atoms with E-state index < -0.39 is 40.9 Å². The second-order valence-electron chi connectivity index (χ2n) is 7.57. The normalized spacial score (nSPS) is 11.7. The van der Waals surface area contributed by atoms with E-state index in [0.29, 0.717) is 0 Å². The highest BCUT2D eigenvalue weighted by Gasteiger charge is 2.26. The van der Waals surface area contributed by atoms with Gasteiger partial charge < -0.3 is 0 Å². The molecule has 0 heterocycles.